The second-order valence-corrected chi connectivity index (χ2v) is 6.99. The Morgan fingerprint density at radius 2 is 1.74 bits per heavy atom. The third kappa shape index (κ3) is 2.52. The molecule has 1 saturated heterocycles. The molecule has 5 nitrogen and oxygen atoms in total. The van der Waals surface area contributed by atoms with Crippen LogP contribution in [0.3, 0.4) is 0 Å². The number of fused-ring (bicyclic) bond motifs is 1. The van der Waals surface area contributed by atoms with E-state index in [2.05, 4.69) is 15.0 Å². The van der Waals surface area contributed by atoms with Crippen LogP contribution in [0.15, 0.2) is 24.5 Å². The minimum atomic E-state index is 0.0780. The molecule has 1 aliphatic heterocycles. The highest BCUT2D eigenvalue weighted by atomic mass is 16.2. The van der Waals surface area contributed by atoms with Gasteiger partial charge in [0.15, 0.2) is 5.65 Å². The summed E-state index contributed by atoms with van der Waals surface area (Å²) in [6.45, 7) is 0.879. The highest BCUT2D eigenvalue weighted by Crippen LogP contribution is 2.40. The molecule has 2 fully saturated rings. The van der Waals surface area contributed by atoms with Crippen molar-refractivity contribution < 1.29 is 4.79 Å². The van der Waals surface area contributed by atoms with Crippen molar-refractivity contribution in [2.45, 2.75) is 63.3 Å². The summed E-state index contributed by atoms with van der Waals surface area (Å²) in [6, 6.07) is 5.67. The number of amides is 1. The number of nitrogens with zero attached hydrogens (tertiary/aromatic N) is 4. The second-order valence-electron chi connectivity index (χ2n) is 6.99. The van der Waals surface area contributed by atoms with Crippen LogP contribution in [0.4, 0.5) is 0 Å². The largest absolute Gasteiger partial charge is 0.332 e. The van der Waals surface area contributed by atoms with Gasteiger partial charge in [0.1, 0.15) is 12.0 Å². The molecule has 3 heterocycles. The fourth-order valence-corrected chi connectivity index (χ4v) is 4.47. The van der Waals surface area contributed by atoms with E-state index in [1.165, 1.54) is 38.4 Å². The molecular formula is C18H24N4O. The maximum Gasteiger partial charge on any atom is 0.273 e. The Kier molecular flexibility index (Phi) is 3.79. The van der Waals surface area contributed by atoms with E-state index >= 15 is 0 Å². The molecule has 0 bridgehead atoms. The number of rotatable bonds is 1. The van der Waals surface area contributed by atoms with Crippen LogP contribution in [0, 0.1) is 0 Å². The number of pyridine rings is 1. The first-order valence-corrected chi connectivity index (χ1v) is 8.91. The van der Waals surface area contributed by atoms with Gasteiger partial charge in [0.25, 0.3) is 5.91 Å². The monoisotopic (exact) mass is 312 g/mol. The van der Waals surface area contributed by atoms with E-state index in [-0.39, 0.29) is 11.4 Å². The zero-order chi connectivity index (χ0) is 15.7. The van der Waals surface area contributed by atoms with Crippen molar-refractivity contribution in [3.05, 3.63) is 30.2 Å². The lowest BCUT2D eigenvalue weighted by Crippen LogP contribution is -2.54. The quantitative estimate of drug-likeness (QED) is 0.810. The molecule has 0 aromatic carbocycles. The van der Waals surface area contributed by atoms with Gasteiger partial charge in [-0.25, -0.2) is 9.50 Å². The fraction of sp³-hybridized carbons (Fsp3) is 0.611. The first kappa shape index (κ1) is 14.7. The van der Waals surface area contributed by atoms with Crippen molar-refractivity contribution in [2.24, 2.45) is 0 Å². The normalized spacial score (nSPS) is 21.5. The van der Waals surface area contributed by atoms with E-state index in [0.29, 0.717) is 5.69 Å². The maximum atomic E-state index is 13.3. The molecule has 2 aromatic rings. The molecule has 2 aliphatic rings. The Morgan fingerprint density at radius 1 is 1.00 bits per heavy atom. The van der Waals surface area contributed by atoms with Gasteiger partial charge in [-0.2, -0.15) is 5.10 Å². The molecule has 2 aromatic heterocycles. The van der Waals surface area contributed by atoms with Crippen molar-refractivity contribution in [3.8, 4) is 0 Å². The first-order chi connectivity index (χ1) is 11.3. The van der Waals surface area contributed by atoms with Crippen molar-refractivity contribution in [3.63, 3.8) is 0 Å². The minimum absolute atomic E-state index is 0.0780. The molecule has 0 unspecified atom stereocenters. The van der Waals surface area contributed by atoms with E-state index in [0.717, 1.165) is 37.9 Å². The van der Waals surface area contributed by atoms with Crippen molar-refractivity contribution in [1.29, 1.82) is 0 Å². The Balaban J connectivity index is 1.71. The Hall–Kier alpha value is -1.91. The summed E-state index contributed by atoms with van der Waals surface area (Å²) in [4.78, 5) is 19.7. The number of aromatic nitrogens is 3. The van der Waals surface area contributed by atoms with E-state index in [1.54, 1.807) is 4.52 Å². The second kappa shape index (κ2) is 5.95. The van der Waals surface area contributed by atoms with Gasteiger partial charge in [-0.05, 0) is 44.2 Å². The van der Waals surface area contributed by atoms with Gasteiger partial charge in [-0.1, -0.05) is 31.7 Å². The fourth-order valence-electron chi connectivity index (χ4n) is 4.47. The molecule has 1 spiro atoms. The van der Waals surface area contributed by atoms with E-state index in [1.807, 2.05) is 18.2 Å². The minimum Gasteiger partial charge on any atom is -0.332 e. The van der Waals surface area contributed by atoms with E-state index < -0.39 is 0 Å². The molecule has 122 valence electrons. The summed E-state index contributed by atoms with van der Waals surface area (Å²) in [5, 5.41) is 4.24. The molecule has 0 N–H and O–H groups in total. The lowest BCUT2D eigenvalue weighted by Gasteiger charge is -2.47. The van der Waals surface area contributed by atoms with Crippen LogP contribution in [-0.4, -0.2) is 37.5 Å². The van der Waals surface area contributed by atoms with Crippen LogP contribution < -0.4 is 0 Å². The standard InChI is InChI=1S/C18H24N4O/c23-17(15-8-7-9-16-19-14-20-22(15)16)21-13-6-5-12-18(21)10-3-1-2-4-11-18/h7-9,14H,1-6,10-13H2. The lowest BCUT2D eigenvalue weighted by molar-refractivity contribution is 0.0240. The third-order valence-electron chi connectivity index (χ3n) is 5.65. The van der Waals surface area contributed by atoms with Crippen LogP contribution in [0.5, 0.6) is 0 Å². The van der Waals surface area contributed by atoms with E-state index in [9.17, 15) is 4.79 Å². The van der Waals surface area contributed by atoms with Gasteiger partial charge in [0.05, 0.1) is 0 Å². The van der Waals surface area contributed by atoms with Crippen LogP contribution in [-0.2, 0) is 0 Å². The summed E-state index contributed by atoms with van der Waals surface area (Å²) in [5.74, 6) is 0.128. The number of hydrogen-bond donors (Lipinski definition) is 0. The Bertz CT molecular complexity index is 700. The van der Waals surface area contributed by atoms with Crippen molar-refractivity contribution in [1.82, 2.24) is 19.5 Å². The van der Waals surface area contributed by atoms with Gasteiger partial charge in [-0.15, -0.1) is 0 Å². The van der Waals surface area contributed by atoms with Crippen molar-refractivity contribution >= 4 is 11.6 Å². The van der Waals surface area contributed by atoms with Gasteiger partial charge >= 0.3 is 0 Å². The van der Waals surface area contributed by atoms with Crippen LogP contribution >= 0.6 is 0 Å². The predicted molar refractivity (Wildman–Crippen MR) is 88.3 cm³/mol. The molecule has 5 heteroatoms. The lowest BCUT2D eigenvalue weighted by atomic mass is 9.80. The SMILES string of the molecule is O=C(c1cccc2ncnn12)N1CCCCC12CCCCCC2. The Labute approximate surface area is 136 Å². The molecule has 4 rings (SSSR count). The average molecular weight is 312 g/mol. The summed E-state index contributed by atoms with van der Waals surface area (Å²) in [5.41, 5.74) is 1.46. The summed E-state index contributed by atoms with van der Waals surface area (Å²) >= 11 is 0. The van der Waals surface area contributed by atoms with Crippen LogP contribution in [0.2, 0.25) is 0 Å². The molecule has 1 amide bonds. The highest BCUT2D eigenvalue weighted by molar-refractivity contribution is 5.93. The number of piperidine rings is 1. The zero-order valence-electron chi connectivity index (χ0n) is 13.6. The molecular weight excluding hydrogens is 288 g/mol. The summed E-state index contributed by atoms with van der Waals surface area (Å²) < 4.78 is 1.68. The third-order valence-corrected chi connectivity index (χ3v) is 5.65. The van der Waals surface area contributed by atoms with Gasteiger partial charge in [0.2, 0.25) is 0 Å². The number of carbonyl (C=O) groups is 1. The molecule has 1 saturated carbocycles. The average Bonchev–Trinajstić information content (AvgIpc) is 2.95. The van der Waals surface area contributed by atoms with Gasteiger partial charge in [0, 0.05) is 12.1 Å². The predicted octanol–water partition coefficient (Wildman–Crippen LogP) is 3.45. The maximum absolute atomic E-state index is 13.3. The smallest absolute Gasteiger partial charge is 0.273 e. The summed E-state index contributed by atoms with van der Waals surface area (Å²) in [7, 11) is 0. The summed E-state index contributed by atoms with van der Waals surface area (Å²) in [6.07, 6.45) is 12.5. The van der Waals surface area contributed by atoms with Gasteiger partial charge < -0.3 is 4.90 Å². The van der Waals surface area contributed by atoms with E-state index in [4.69, 9.17) is 0 Å². The topological polar surface area (TPSA) is 50.5 Å². The van der Waals surface area contributed by atoms with Crippen molar-refractivity contribution in [2.75, 3.05) is 6.54 Å². The highest BCUT2D eigenvalue weighted by Gasteiger charge is 2.42. The number of likely N-dealkylation sites (tertiary alicyclic amines) is 1. The molecule has 0 radical (unpaired) electrons. The number of carbonyl (C=O) groups excluding carboxylic acids is 1. The first-order valence-electron chi connectivity index (χ1n) is 8.91. The van der Waals surface area contributed by atoms with Crippen LogP contribution in [0.1, 0.15) is 68.3 Å². The molecule has 23 heavy (non-hydrogen) atoms. The Morgan fingerprint density at radius 3 is 2.52 bits per heavy atom. The molecule has 0 atom stereocenters. The number of hydrogen-bond acceptors (Lipinski definition) is 3. The van der Waals surface area contributed by atoms with Crippen LogP contribution in [0.25, 0.3) is 5.65 Å². The zero-order valence-corrected chi connectivity index (χ0v) is 13.6. The van der Waals surface area contributed by atoms with Gasteiger partial charge in [-0.3, -0.25) is 4.79 Å². The molecule has 1 aliphatic carbocycles.